The van der Waals surface area contributed by atoms with Crippen LogP contribution in [0.2, 0.25) is 0 Å². The lowest BCUT2D eigenvalue weighted by Gasteiger charge is -2.13. The largest absolute Gasteiger partial charge is 0.459 e. The molecular formula is C14H17N5O3. The Bertz CT molecular complexity index is 666. The molecular weight excluding hydrogens is 286 g/mol. The van der Waals surface area contributed by atoms with Crippen molar-refractivity contribution in [2.75, 3.05) is 11.9 Å². The third-order valence-corrected chi connectivity index (χ3v) is 3.06. The normalized spacial score (nSPS) is 11.7. The summed E-state index contributed by atoms with van der Waals surface area (Å²) >= 11 is 0. The standard InChI is InChI=1S/C14H17N5O3/c1-4-16-10-5-7-11(8-6-10)22-14(15-2)13-17-9-12(18(13)3)19(20)21/h5-9,14,16H,2,4H2,1,3H3. The molecule has 0 amide bonds. The van der Waals surface area contributed by atoms with Crippen LogP contribution in [0.4, 0.5) is 11.5 Å². The molecule has 1 aromatic heterocycles. The van der Waals surface area contributed by atoms with Gasteiger partial charge in [-0.1, -0.05) is 0 Å². The SMILES string of the molecule is C=NC(Oc1ccc(NCC)cc1)c1ncc([N+](=O)[O-])n1C. The molecule has 1 atom stereocenters. The summed E-state index contributed by atoms with van der Waals surface area (Å²) in [7, 11) is 1.54. The Morgan fingerprint density at radius 2 is 2.18 bits per heavy atom. The molecule has 0 saturated heterocycles. The van der Waals surface area contributed by atoms with Crippen LogP contribution in [0.1, 0.15) is 19.0 Å². The lowest BCUT2D eigenvalue weighted by molar-refractivity contribution is -0.391. The quantitative estimate of drug-likeness (QED) is 0.482. The number of anilines is 1. The van der Waals surface area contributed by atoms with Crippen LogP contribution in [0.25, 0.3) is 0 Å². The second kappa shape index (κ2) is 6.70. The van der Waals surface area contributed by atoms with Crippen molar-refractivity contribution in [2.24, 2.45) is 12.0 Å². The zero-order valence-electron chi connectivity index (χ0n) is 12.4. The summed E-state index contributed by atoms with van der Waals surface area (Å²) in [5.74, 6) is 0.761. The predicted octanol–water partition coefficient (Wildman–Crippen LogP) is 2.54. The van der Waals surface area contributed by atoms with E-state index in [-0.39, 0.29) is 5.82 Å². The fourth-order valence-corrected chi connectivity index (χ4v) is 1.97. The van der Waals surface area contributed by atoms with E-state index in [0.717, 1.165) is 12.2 Å². The number of rotatable bonds is 7. The highest BCUT2D eigenvalue weighted by Gasteiger charge is 2.25. The lowest BCUT2D eigenvalue weighted by Crippen LogP contribution is -2.11. The molecule has 0 fully saturated rings. The Kier molecular flexibility index (Phi) is 4.72. The fraction of sp³-hybridized carbons (Fsp3) is 0.286. The molecule has 2 rings (SSSR count). The topological polar surface area (TPSA) is 94.6 Å². The molecule has 0 bridgehead atoms. The second-order valence-electron chi connectivity index (χ2n) is 4.50. The van der Waals surface area contributed by atoms with E-state index < -0.39 is 11.2 Å². The highest BCUT2D eigenvalue weighted by Crippen LogP contribution is 2.25. The molecule has 1 aromatic carbocycles. The minimum atomic E-state index is -0.816. The third-order valence-electron chi connectivity index (χ3n) is 3.06. The van der Waals surface area contributed by atoms with Gasteiger partial charge in [-0.25, -0.2) is 14.5 Å². The molecule has 1 N–H and O–H groups in total. The third kappa shape index (κ3) is 3.22. The van der Waals surface area contributed by atoms with Crippen LogP contribution in [0.3, 0.4) is 0 Å². The molecule has 0 aliphatic heterocycles. The van der Waals surface area contributed by atoms with Gasteiger partial charge in [0.1, 0.15) is 11.9 Å². The van der Waals surface area contributed by atoms with Gasteiger partial charge >= 0.3 is 5.82 Å². The number of ether oxygens (including phenoxy) is 1. The molecule has 0 aliphatic carbocycles. The lowest BCUT2D eigenvalue weighted by atomic mass is 10.3. The van der Waals surface area contributed by atoms with Crippen molar-refractivity contribution in [1.29, 1.82) is 0 Å². The predicted molar refractivity (Wildman–Crippen MR) is 83.4 cm³/mol. The molecule has 22 heavy (non-hydrogen) atoms. The van der Waals surface area contributed by atoms with Crippen molar-refractivity contribution in [3.05, 3.63) is 46.4 Å². The molecule has 0 spiro atoms. The maximum Gasteiger partial charge on any atom is 0.342 e. The van der Waals surface area contributed by atoms with E-state index in [1.54, 1.807) is 12.1 Å². The molecule has 8 nitrogen and oxygen atoms in total. The number of nitro groups is 1. The second-order valence-corrected chi connectivity index (χ2v) is 4.50. The fourth-order valence-electron chi connectivity index (χ4n) is 1.97. The monoisotopic (exact) mass is 303 g/mol. The number of benzene rings is 1. The summed E-state index contributed by atoms with van der Waals surface area (Å²) in [5.41, 5.74) is 0.977. The van der Waals surface area contributed by atoms with Crippen LogP contribution in [0.5, 0.6) is 5.75 Å². The number of hydrogen-bond acceptors (Lipinski definition) is 6. The first-order valence-corrected chi connectivity index (χ1v) is 6.69. The van der Waals surface area contributed by atoms with E-state index in [9.17, 15) is 10.1 Å². The Labute approximate surface area is 127 Å². The first-order chi connectivity index (χ1) is 10.6. The van der Waals surface area contributed by atoms with Gasteiger partial charge in [-0.15, -0.1) is 0 Å². The Morgan fingerprint density at radius 3 is 2.68 bits per heavy atom. The van der Waals surface area contributed by atoms with E-state index >= 15 is 0 Å². The summed E-state index contributed by atoms with van der Waals surface area (Å²) in [6, 6.07) is 7.32. The average molecular weight is 303 g/mol. The van der Waals surface area contributed by atoms with Crippen LogP contribution in [-0.4, -0.2) is 27.7 Å². The van der Waals surface area contributed by atoms with Gasteiger partial charge in [0.15, 0.2) is 0 Å². The van der Waals surface area contributed by atoms with Crippen LogP contribution in [0.15, 0.2) is 35.5 Å². The van der Waals surface area contributed by atoms with E-state index in [4.69, 9.17) is 4.74 Å². The van der Waals surface area contributed by atoms with Gasteiger partial charge < -0.3 is 20.2 Å². The molecule has 0 aliphatic rings. The van der Waals surface area contributed by atoms with Gasteiger partial charge in [0.2, 0.25) is 0 Å². The number of aromatic nitrogens is 2. The van der Waals surface area contributed by atoms with Crippen LogP contribution in [-0.2, 0) is 7.05 Å². The van der Waals surface area contributed by atoms with E-state index in [0.29, 0.717) is 11.6 Å². The van der Waals surface area contributed by atoms with E-state index in [1.165, 1.54) is 17.8 Å². The zero-order chi connectivity index (χ0) is 16.1. The number of hydrogen-bond donors (Lipinski definition) is 1. The highest BCUT2D eigenvalue weighted by atomic mass is 16.6. The van der Waals surface area contributed by atoms with Crippen molar-refractivity contribution in [2.45, 2.75) is 13.2 Å². The number of aliphatic imine (C=N–C) groups is 1. The first kappa shape index (κ1) is 15.5. The number of imidazole rings is 1. The summed E-state index contributed by atoms with van der Waals surface area (Å²) in [6.07, 6.45) is 0.356. The molecule has 0 saturated carbocycles. The summed E-state index contributed by atoms with van der Waals surface area (Å²) in [4.78, 5) is 18.2. The summed E-state index contributed by atoms with van der Waals surface area (Å²) in [6.45, 7) is 6.30. The van der Waals surface area contributed by atoms with E-state index in [2.05, 4.69) is 22.0 Å². The molecule has 116 valence electrons. The number of nitrogens with zero attached hydrogens (tertiary/aromatic N) is 4. The van der Waals surface area contributed by atoms with Crippen molar-refractivity contribution in [3.8, 4) is 5.75 Å². The summed E-state index contributed by atoms with van der Waals surface area (Å²) in [5, 5.41) is 14.0. The van der Waals surface area contributed by atoms with Crippen molar-refractivity contribution in [1.82, 2.24) is 9.55 Å². The van der Waals surface area contributed by atoms with Gasteiger partial charge in [0.25, 0.3) is 12.1 Å². The van der Waals surface area contributed by atoms with Crippen LogP contribution in [0, 0.1) is 10.1 Å². The van der Waals surface area contributed by atoms with E-state index in [1.807, 2.05) is 19.1 Å². The van der Waals surface area contributed by atoms with Gasteiger partial charge in [-0.05, 0) is 42.8 Å². The summed E-state index contributed by atoms with van der Waals surface area (Å²) < 4.78 is 7.02. The molecule has 1 unspecified atom stereocenters. The smallest absolute Gasteiger partial charge is 0.342 e. The van der Waals surface area contributed by atoms with Crippen molar-refractivity contribution >= 4 is 18.2 Å². The van der Waals surface area contributed by atoms with Gasteiger partial charge in [-0.2, -0.15) is 0 Å². The van der Waals surface area contributed by atoms with Gasteiger partial charge in [-0.3, -0.25) is 0 Å². The highest BCUT2D eigenvalue weighted by molar-refractivity contribution is 5.46. The van der Waals surface area contributed by atoms with Crippen molar-refractivity contribution in [3.63, 3.8) is 0 Å². The Morgan fingerprint density at radius 1 is 1.50 bits per heavy atom. The Hall–Kier alpha value is -2.90. The minimum absolute atomic E-state index is 0.130. The maximum absolute atomic E-state index is 10.9. The molecule has 8 heteroatoms. The van der Waals surface area contributed by atoms with Crippen molar-refractivity contribution < 1.29 is 9.66 Å². The molecule has 2 aromatic rings. The van der Waals surface area contributed by atoms with Crippen LogP contribution < -0.4 is 10.1 Å². The van der Waals surface area contributed by atoms with Gasteiger partial charge in [0.05, 0.1) is 7.05 Å². The maximum atomic E-state index is 10.9. The zero-order valence-corrected chi connectivity index (χ0v) is 12.4. The number of nitrogens with one attached hydrogen (secondary N) is 1. The molecule has 0 radical (unpaired) electrons. The first-order valence-electron chi connectivity index (χ1n) is 6.69. The van der Waals surface area contributed by atoms with Gasteiger partial charge in [0, 0.05) is 12.2 Å². The molecule has 1 heterocycles. The minimum Gasteiger partial charge on any atom is -0.459 e. The Balaban J connectivity index is 2.18. The van der Waals surface area contributed by atoms with Crippen LogP contribution >= 0.6 is 0 Å². The average Bonchev–Trinajstić information content (AvgIpc) is 2.88.